The van der Waals surface area contributed by atoms with Crippen LogP contribution in [0.2, 0.25) is 0 Å². The Balaban J connectivity index is 2.14. The molecule has 1 fully saturated rings. The van der Waals surface area contributed by atoms with Gasteiger partial charge in [0.25, 0.3) is 0 Å². The predicted molar refractivity (Wildman–Crippen MR) is 81.3 cm³/mol. The zero-order chi connectivity index (χ0) is 15.4. The second-order valence-corrected chi connectivity index (χ2v) is 5.73. The third-order valence-electron chi connectivity index (χ3n) is 4.15. The van der Waals surface area contributed by atoms with Crippen molar-refractivity contribution in [2.24, 2.45) is 11.7 Å². The third kappa shape index (κ3) is 3.82. The monoisotopic (exact) mass is 290 g/mol. The molecule has 1 aromatic rings. The summed E-state index contributed by atoms with van der Waals surface area (Å²) < 4.78 is 0. The Kier molecular flexibility index (Phi) is 4.96. The van der Waals surface area contributed by atoms with E-state index in [4.69, 9.17) is 10.8 Å². The number of anilines is 1. The Morgan fingerprint density at radius 1 is 1.24 bits per heavy atom. The van der Waals surface area contributed by atoms with Gasteiger partial charge in [-0.1, -0.05) is 25.3 Å². The Morgan fingerprint density at radius 3 is 2.67 bits per heavy atom. The lowest BCUT2D eigenvalue weighted by atomic mass is 9.94. The van der Waals surface area contributed by atoms with Crippen LogP contribution in [0.1, 0.15) is 48.0 Å². The highest BCUT2D eigenvalue weighted by Gasteiger charge is 2.27. The molecular formula is C16H22N2O3. The van der Waals surface area contributed by atoms with Crippen molar-refractivity contribution in [3.8, 4) is 0 Å². The molecule has 1 amide bonds. The number of amides is 1. The summed E-state index contributed by atoms with van der Waals surface area (Å²) in [6.45, 7) is 1.84. The molecule has 2 rings (SSSR count). The zero-order valence-electron chi connectivity index (χ0n) is 12.3. The van der Waals surface area contributed by atoms with Gasteiger partial charge in [0.05, 0.1) is 11.5 Å². The maximum Gasteiger partial charge on any atom is 0.335 e. The molecule has 2 unspecified atom stereocenters. The molecule has 1 aliphatic rings. The number of carbonyl (C=O) groups is 2. The standard InChI is InChI=1S/C16H22N2O3/c1-10-7-8-11(16(20)21)9-14(10)18-15(19)12-5-3-2-4-6-13(12)17/h7-9,12-13H,2-6,17H2,1H3,(H,18,19)(H,20,21). The van der Waals surface area contributed by atoms with Crippen LogP contribution < -0.4 is 11.1 Å². The first-order chi connectivity index (χ1) is 9.99. The van der Waals surface area contributed by atoms with Crippen molar-refractivity contribution in [3.05, 3.63) is 29.3 Å². The summed E-state index contributed by atoms with van der Waals surface area (Å²) in [7, 11) is 0. The van der Waals surface area contributed by atoms with Crippen LogP contribution in [0.25, 0.3) is 0 Å². The van der Waals surface area contributed by atoms with Gasteiger partial charge in [0.2, 0.25) is 5.91 Å². The average molecular weight is 290 g/mol. The van der Waals surface area contributed by atoms with E-state index in [1.54, 1.807) is 6.07 Å². The summed E-state index contributed by atoms with van der Waals surface area (Å²) in [4.78, 5) is 23.4. The van der Waals surface area contributed by atoms with Gasteiger partial charge < -0.3 is 16.2 Å². The van der Waals surface area contributed by atoms with Crippen LogP contribution in [0.15, 0.2) is 18.2 Å². The summed E-state index contributed by atoms with van der Waals surface area (Å²) in [5.41, 5.74) is 7.66. The van der Waals surface area contributed by atoms with Crippen LogP contribution in [-0.2, 0) is 4.79 Å². The molecule has 0 radical (unpaired) electrons. The average Bonchev–Trinajstić information content (AvgIpc) is 2.65. The summed E-state index contributed by atoms with van der Waals surface area (Å²) in [6.07, 6.45) is 4.86. The predicted octanol–water partition coefficient (Wildman–Crippen LogP) is 2.54. The number of rotatable bonds is 3. The van der Waals surface area contributed by atoms with Crippen LogP contribution in [0.3, 0.4) is 0 Å². The minimum Gasteiger partial charge on any atom is -0.478 e. The molecule has 1 saturated carbocycles. The number of nitrogens with two attached hydrogens (primary N) is 1. The first kappa shape index (κ1) is 15.5. The van der Waals surface area contributed by atoms with Crippen LogP contribution in [0.4, 0.5) is 5.69 Å². The number of carboxylic acids is 1. The van der Waals surface area contributed by atoms with E-state index in [2.05, 4.69) is 5.32 Å². The number of carboxylic acid groups (broad SMARTS) is 1. The van der Waals surface area contributed by atoms with E-state index in [0.29, 0.717) is 5.69 Å². The van der Waals surface area contributed by atoms with Crippen molar-refractivity contribution < 1.29 is 14.7 Å². The molecule has 0 saturated heterocycles. The molecule has 4 N–H and O–H groups in total. The molecule has 0 aliphatic heterocycles. The number of nitrogens with one attached hydrogen (secondary N) is 1. The van der Waals surface area contributed by atoms with Gasteiger partial charge in [-0.15, -0.1) is 0 Å². The lowest BCUT2D eigenvalue weighted by Gasteiger charge is -2.21. The lowest BCUT2D eigenvalue weighted by molar-refractivity contribution is -0.120. The first-order valence-corrected chi connectivity index (χ1v) is 7.39. The minimum atomic E-state index is -1.00. The second-order valence-electron chi connectivity index (χ2n) is 5.73. The van der Waals surface area contributed by atoms with Gasteiger partial charge in [-0.25, -0.2) is 4.79 Å². The largest absolute Gasteiger partial charge is 0.478 e. The molecule has 0 spiro atoms. The second kappa shape index (κ2) is 6.72. The van der Waals surface area contributed by atoms with Gasteiger partial charge >= 0.3 is 5.97 Å². The topological polar surface area (TPSA) is 92.4 Å². The maximum absolute atomic E-state index is 12.4. The fourth-order valence-corrected chi connectivity index (χ4v) is 2.78. The van der Waals surface area contributed by atoms with E-state index < -0.39 is 5.97 Å². The van der Waals surface area contributed by atoms with E-state index in [1.165, 1.54) is 12.1 Å². The third-order valence-corrected chi connectivity index (χ3v) is 4.15. The van der Waals surface area contributed by atoms with Crippen molar-refractivity contribution >= 4 is 17.6 Å². The van der Waals surface area contributed by atoms with Gasteiger partial charge in [0.15, 0.2) is 0 Å². The molecule has 0 heterocycles. The molecule has 114 valence electrons. The van der Waals surface area contributed by atoms with Crippen LogP contribution in [-0.4, -0.2) is 23.0 Å². The smallest absolute Gasteiger partial charge is 0.335 e. The van der Waals surface area contributed by atoms with Gasteiger partial charge in [-0.3, -0.25) is 4.79 Å². The fraction of sp³-hybridized carbons (Fsp3) is 0.500. The molecule has 1 aliphatic carbocycles. The Hall–Kier alpha value is -1.88. The highest BCUT2D eigenvalue weighted by atomic mass is 16.4. The van der Waals surface area contributed by atoms with E-state index in [-0.39, 0.29) is 23.4 Å². The molecular weight excluding hydrogens is 268 g/mol. The highest BCUT2D eigenvalue weighted by molar-refractivity contribution is 5.96. The molecule has 5 nitrogen and oxygen atoms in total. The molecule has 2 atom stereocenters. The van der Waals surface area contributed by atoms with Crippen LogP contribution >= 0.6 is 0 Å². The van der Waals surface area contributed by atoms with Crippen molar-refractivity contribution in [2.75, 3.05) is 5.32 Å². The van der Waals surface area contributed by atoms with E-state index >= 15 is 0 Å². The number of benzene rings is 1. The summed E-state index contributed by atoms with van der Waals surface area (Å²) in [5, 5.41) is 11.9. The summed E-state index contributed by atoms with van der Waals surface area (Å²) >= 11 is 0. The normalized spacial score (nSPS) is 22.4. The molecule has 21 heavy (non-hydrogen) atoms. The number of aryl methyl sites for hydroxylation is 1. The fourth-order valence-electron chi connectivity index (χ4n) is 2.78. The number of aromatic carboxylic acids is 1. The summed E-state index contributed by atoms with van der Waals surface area (Å²) in [5.74, 6) is -1.30. The first-order valence-electron chi connectivity index (χ1n) is 7.39. The molecule has 5 heteroatoms. The van der Waals surface area contributed by atoms with Gasteiger partial charge in [-0.05, 0) is 37.5 Å². The van der Waals surface area contributed by atoms with E-state index in [0.717, 1.165) is 37.7 Å². The van der Waals surface area contributed by atoms with E-state index in [1.807, 2.05) is 6.92 Å². The molecule has 0 bridgehead atoms. The van der Waals surface area contributed by atoms with Crippen LogP contribution in [0.5, 0.6) is 0 Å². The zero-order valence-corrected chi connectivity index (χ0v) is 12.3. The van der Waals surface area contributed by atoms with Crippen molar-refractivity contribution in [2.45, 2.75) is 45.1 Å². The molecule has 0 aromatic heterocycles. The highest BCUT2D eigenvalue weighted by Crippen LogP contribution is 2.25. The Bertz CT molecular complexity index is 542. The lowest BCUT2D eigenvalue weighted by Crippen LogP contribution is -2.38. The number of carbonyl (C=O) groups excluding carboxylic acids is 1. The Labute approximate surface area is 124 Å². The van der Waals surface area contributed by atoms with Gasteiger partial charge in [0.1, 0.15) is 0 Å². The van der Waals surface area contributed by atoms with Crippen molar-refractivity contribution in [3.63, 3.8) is 0 Å². The quantitative estimate of drug-likeness (QED) is 0.746. The van der Waals surface area contributed by atoms with Gasteiger partial charge in [-0.2, -0.15) is 0 Å². The maximum atomic E-state index is 12.4. The number of hydrogen-bond donors (Lipinski definition) is 3. The summed E-state index contributed by atoms with van der Waals surface area (Å²) in [6, 6.07) is 4.62. The Morgan fingerprint density at radius 2 is 1.95 bits per heavy atom. The minimum absolute atomic E-state index is 0.102. The molecule has 1 aromatic carbocycles. The van der Waals surface area contributed by atoms with Crippen LogP contribution in [0, 0.1) is 12.8 Å². The van der Waals surface area contributed by atoms with Gasteiger partial charge in [0, 0.05) is 11.7 Å². The van der Waals surface area contributed by atoms with E-state index in [9.17, 15) is 9.59 Å². The van der Waals surface area contributed by atoms with Crippen molar-refractivity contribution in [1.29, 1.82) is 0 Å². The van der Waals surface area contributed by atoms with Crippen molar-refractivity contribution in [1.82, 2.24) is 0 Å². The number of hydrogen-bond acceptors (Lipinski definition) is 3. The SMILES string of the molecule is Cc1ccc(C(=O)O)cc1NC(=O)C1CCCCCC1N.